The molecule has 182 valence electrons. The van der Waals surface area contributed by atoms with Gasteiger partial charge < -0.3 is 14.2 Å². The molecule has 0 unspecified atom stereocenters. The maximum absolute atomic E-state index is 10.9. The SMILES string of the molecule is [C-]#[N+]C1=C(/C=C/c2c(-c3ccc(CCC(=O)O)cc3)c(C)c3ccccn23)C(C)(C)OC1=C(C#N)C#N. The molecule has 2 aromatic heterocycles. The molecular weight excluding hydrogens is 464 g/mol. The lowest BCUT2D eigenvalue weighted by molar-refractivity contribution is -0.136. The van der Waals surface area contributed by atoms with E-state index in [4.69, 9.17) is 16.4 Å². The summed E-state index contributed by atoms with van der Waals surface area (Å²) in [7, 11) is 0. The van der Waals surface area contributed by atoms with E-state index in [0.717, 1.165) is 33.5 Å². The number of pyridine rings is 1. The molecule has 0 amide bonds. The summed E-state index contributed by atoms with van der Waals surface area (Å²) in [6.45, 7) is 13.4. The van der Waals surface area contributed by atoms with Crippen LogP contribution in [0.5, 0.6) is 0 Å². The van der Waals surface area contributed by atoms with Gasteiger partial charge in [-0.25, -0.2) is 4.85 Å². The summed E-state index contributed by atoms with van der Waals surface area (Å²) in [6, 6.07) is 17.5. The summed E-state index contributed by atoms with van der Waals surface area (Å²) in [5.74, 6) is -0.814. The zero-order valence-electron chi connectivity index (χ0n) is 20.7. The number of aliphatic carboxylic acids is 1. The molecule has 0 aliphatic carbocycles. The van der Waals surface area contributed by atoms with Crippen molar-refractivity contribution in [2.75, 3.05) is 0 Å². The number of fused-ring (bicyclic) bond motifs is 1. The van der Waals surface area contributed by atoms with Crippen molar-refractivity contribution >= 4 is 17.6 Å². The predicted molar refractivity (Wildman–Crippen MR) is 140 cm³/mol. The van der Waals surface area contributed by atoms with Gasteiger partial charge in [-0.3, -0.25) is 4.79 Å². The second-order valence-corrected chi connectivity index (χ2v) is 9.18. The molecule has 1 aliphatic rings. The fourth-order valence-electron chi connectivity index (χ4n) is 4.63. The van der Waals surface area contributed by atoms with Gasteiger partial charge in [-0.1, -0.05) is 36.4 Å². The minimum absolute atomic E-state index is 0.0121. The Bertz CT molecular complexity index is 1610. The number of aromatic nitrogens is 1. The Kier molecular flexibility index (Phi) is 6.70. The fourth-order valence-corrected chi connectivity index (χ4v) is 4.63. The molecule has 3 aromatic rings. The average molecular weight is 489 g/mol. The second-order valence-electron chi connectivity index (χ2n) is 9.18. The number of ether oxygens (including phenoxy) is 1. The third-order valence-electron chi connectivity index (χ3n) is 6.45. The van der Waals surface area contributed by atoms with Crippen LogP contribution in [0.25, 0.3) is 27.6 Å². The van der Waals surface area contributed by atoms with Crippen LogP contribution >= 0.6 is 0 Å². The summed E-state index contributed by atoms with van der Waals surface area (Å²) >= 11 is 0. The molecule has 7 heteroatoms. The van der Waals surface area contributed by atoms with Gasteiger partial charge in [0.15, 0.2) is 11.3 Å². The van der Waals surface area contributed by atoms with E-state index < -0.39 is 11.6 Å². The Morgan fingerprint density at radius 2 is 1.86 bits per heavy atom. The normalized spacial score (nSPS) is 14.3. The third kappa shape index (κ3) is 4.61. The Balaban J connectivity index is 1.87. The number of aryl methyl sites for hydroxylation is 2. The molecule has 7 nitrogen and oxygen atoms in total. The van der Waals surface area contributed by atoms with Gasteiger partial charge in [-0.05, 0) is 62.1 Å². The minimum atomic E-state index is -0.904. The Morgan fingerprint density at radius 3 is 2.49 bits per heavy atom. The van der Waals surface area contributed by atoms with Crippen LogP contribution in [0.2, 0.25) is 0 Å². The van der Waals surface area contributed by atoms with E-state index in [0.29, 0.717) is 12.0 Å². The lowest BCUT2D eigenvalue weighted by Gasteiger charge is -2.21. The second kappa shape index (κ2) is 9.90. The first kappa shape index (κ1) is 25.0. The van der Waals surface area contributed by atoms with Crippen LogP contribution in [0, 0.1) is 36.2 Å². The molecule has 0 radical (unpaired) electrons. The quantitative estimate of drug-likeness (QED) is 0.327. The summed E-state index contributed by atoms with van der Waals surface area (Å²) < 4.78 is 7.98. The number of hydrogen-bond donors (Lipinski definition) is 1. The highest BCUT2D eigenvalue weighted by molar-refractivity contribution is 5.85. The number of nitrogens with zero attached hydrogens (tertiary/aromatic N) is 4. The molecule has 3 heterocycles. The van der Waals surface area contributed by atoms with Crippen molar-refractivity contribution in [1.82, 2.24) is 4.40 Å². The lowest BCUT2D eigenvalue weighted by Crippen LogP contribution is -2.20. The van der Waals surface area contributed by atoms with Crippen LogP contribution in [0.4, 0.5) is 0 Å². The number of allylic oxidation sites excluding steroid dienone is 1. The Labute approximate surface area is 215 Å². The number of carboxylic acid groups (broad SMARTS) is 1. The maximum atomic E-state index is 10.9. The Hall–Kier alpha value is -5.06. The molecule has 1 aromatic carbocycles. The lowest BCUT2D eigenvalue weighted by atomic mass is 9.95. The molecule has 1 aliphatic heterocycles. The summed E-state index contributed by atoms with van der Waals surface area (Å²) in [5.41, 5.74) is 5.57. The van der Waals surface area contributed by atoms with Crippen LogP contribution in [0.1, 0.15) is 37.1 Å². The van der Waals surface area contributed by atoms with Crippen LogP contribution in [-0.2, 0) is 16.0 Å². The van der Waals surface area contributed by atoms with E-state index in [1.165, 1.54) is 0 Å². The van der Waals surface area contributed by atoms with Crippen molar-refractivity contribution in [2.24, 2.45) is 0 Å². The number of hydrogen-bond acceptors (Lipinski definition) is 4. The largest absolute Gasteiger partial charge is 0.493 e. The number of rotatable bonds is 6. The standard InChI is InChI=1S/C30H24N4O3/c1-19-24-7-5-6-16-34(24)25(27(19)21-11-8-20(9-12-21)10-15-26(35)36)14-13-23-28(33-4)29(22(17-31)18-32)37-30(23,2)3/h5-9,11-14,16H,10,15H2,1-3H3,(H,35,36)/b14-13+. The van der Waals surface area contributed by atoms with E-state index in [1.807, 2.05) is 73.0 Å². The van der Waals surface area contributed by atoms with Crippen molar-refractivity contribution in [1.29, 1.82) is 10.5 Å². The van der Waals surface area contributed by atoms with Crippen molar-refractivity contribution in [2.45, 2.75) is 39.2 Å². The van der Waals surface area contributed by atoms with E-state index in [1.54, 1.807) is 13.8 Å². The zero-order chi connectivity index (χ0) is 26.7. The van der Waals surface area contributed by atoms with E-state index in [-0.39, 0.29) is 23.5 Å². The van der Waals surface area contributed by atoms with Gasteiger partial charge in [0, 0.05) is 29.3 Å². The van der Waals surface area contributed by atoms with Crippen molar-refractivity contribution < 1.29 is 14.6 Å². The fraction of sp³-hybridized carbons (Fsp3) is 0.200. The van der Waals surface area contributed by atoms with Crippen molar-refractivity contribution in [3.05, 3.63) is 106 Å². The smallest absolute Gasteiger partial charge is 0.303 e. The monoisotopic (exact) mass is 488 g/mol. The number of carboxylic acids is 1. The van der Waals surface area contributed by atoms with Gasteiger partial charge in [-0.15, -0.1) is 0 Å². The maximum Gasteiger partial charge on any atom is 0.303 e. The molecule has 37 heavy (non-hydrogen) atoms. The molecule has 0 spiro atoms. The zero-order valence-corrected chi connectivity index (χ0v) is 20.7. The molecule has 0 bridgehead atoms. The highest BCUT2D eigenvalue weighted by Gasteiger charge is 2.38. The molecule has 0 fully saturated rings. The molecule has 0 atom stereocenters. The van der Waals surface area contributed by atoms with E-state index in [9.17, 15) is 15.3 Å². The van der Waals surface area contributed by atoms with Gasteiger partial charge in [-0.2, -0.15) is 10.5 Å². The van der Waals surface area contributed by atoms with Crippen LogP contribution in [-0.4, -0.2) is 21.1 Å². The van der Waals surface area contributed by atoms with Crippen molar-refractivity contribution in [3.63, 3.8) is 0 Å². The van der Waals surface area contributed by atoms with Crippen molar-refractivity contribution in [3.8, 4) is 23.3 Å². The first-order valence-corrected chi connectivity index (χ1v) is 11.7. The Morgan fingerprint density at radius 1 is 1.16 bits per heavy atom. The first-order valence-electron chi connectivity index (χ1n) is 11.7. The summed E-state index contributed by atoms with van der Waals surface area (Å²) in [6.07, 6.45) is 6.27. The van der Waals surface area contributed by atoms with Gasteiger partial charge in [0.1, 0.15) is 17.7 Å². The summed E-state index contributed by atoms with van der Waals surface area (Å²) in [5, 5.41) is 27.7. The van der Waals surface area contributed by atoms with Gasteiger partial charge >= 0.3 is 5.97 Å². The van der Waals surface area contributed by atoms with E-state index in [2.05, 4.69) is 16.2 Å². The third-order valence-corrected chi connectivity index (χ3v) is 6.45. The predicted octanol–water partition coefficient (Wildman–Crippen LogP) is 6.23. The molecule has 0 saturated heterocycles. The van der Waals surface area contributed by atoms with Gasteiger partial charge in [0.05, 0.1) is 12.3 Å². The van der Waals surface area contributed by atoms with E-state index >= 15 is 0 Å². The number of benzene rings is 1. The summed E-state index contributed by atoms with van der Waals surface area (Å²) in [4.78, 5) is 14.5. The molecule has 4 rings (SSSR count). The molecular formula is C30H24N4O3. The molecule has 0 saturated carbocycles. The van der Waals surface area contributed by atoms with Crippen LogP contribution in [0.15, 0.2) is 77.3 Å². The van der Waals surface area contributed by atoms with Gasteiger partial charge in [0.25, 0.3) is 0 Å². The molecule has 1 N–H and O–H groups in total. The van der Waals surface area contributed by atoms with Gasteiger partial charge in [0.2, 0.25) is 5.70 Å². The van der Waals surface area contributed by atoms with Crippen LogP contribution < -0.4 is 0 Å². The van der Waals surface area contributed by atoms with Crippen LogP contribution in [0.3, 0.4) is 0 Å². The number of carbonyl (C=O) groups is 1. The topological polar surface area (TPSA) is 103 Å². The highest BCUT2D eigenvalue weighted by Crippen LogP contribution is 2.42. The average Bonchev–Trinajstić information content (AvgIpc) is 3.31. The highest BCUT2D eigenvalue weighted by atomic mass is 16.5. The minimum Gasteiger partial charge on any atom is -0.493 e. The number of nitriles is 2. The first-order chi connectivity index (χ1) is 17.7.